The Hall–Kier alpha value is -2.42. The van der Waals surface area contributed by atoms with Crippen LogP contribution in [-0.2, 0) is 0 Å². The summed E-state index contributed by atoms with van der Waals surface area (Å²) in [6.45, 7) is 4.25. The predicted octanol–water partition coefficient (Wildman–Crippen LogP) is 3.71. The van der Waals surface area contributed by atoms with Crippen LogP contribution in [0.25, 0.3) is 22.0 Å². The lowest BCUT2D eigenvalue weighted by molar-refractivity contribution is 0.858. The molecular weight excluding hydrogens is 248 g/mol. The number of aromatic nitrogens is 2. The predicted molar refractivity (Wildman–Crippen MR) is 81.9 cm³/mol. The number of H-pyrrole nitrogens is 1. The minimum Gasteiger partial charge on any atom is -0.329 e. The van der Waals surface area contributed by atoms with E-state index in [1.165, 1.54) is 0 Å². The van der Waals surface area contributed by atoms with Gasteiger partial charge in [-0.05, 0) is 34.7 Å². The van der Waals surface area contributed by atoms with Gasteiger partial charge in [0.15, 0.2) is 0 Å². The average molecular weight is 264 g/mol. The number of hydrogen-bond donors (Lipinski definition) is 1. The number of nitrogens with zero attached hydrogens (tertiary/aromatic N) is 1. The van der Waals surface area contributed by atoms with Gasteiger partial charge in [-0.1, -0.05) is 32.0 Å². The van der Waals surface area contributed by atoms with Crippen molar-refractivity contribution in [3.05, 3.63) is 64.7 Å². The first-order valence-corrected chi connectivity index (χ1v) is 6.73. The lowest BCUT2D eigenvalue weighted by Crippen LogP contribution is -2.07. The van der Waals surface area contributed by atoms with E-state index in [1.807, 2.05) is 36.5 Å². The second kappa shape index (κ2) is 4.93. The van der Waals surface area contributed by atoms with Crippen molar-refractivity contribution in [2.45, 2.75) is 19.8 Å². The van der Waals surface area contributed by atoms with Gasteiger partial charge in [-0.15, -0.1) is 0 Å². The minimum atomic E-state index is -0.0784. The molecule has 1 aromatic carbocycles. The van der Waals surface area contributed by atoms with E-state index < -0.39 is 0 Å². The van der Waals surface area contributed by atoms with E-state index in [0.717, 1.165) is 27.6 Å². The molecule has 0 radical (unpaired) electrons. The highest BCUT2D eigenvalue weighted by atomic mass is 16.1. The van der Waals surface area contributed by atoms with Crippen molar-refractivity contribution in [1.29, 1.82) is 0 Å². The van der Waals surface area contributed by atoms with Crippen LogP contribution in [0.5, 0.6) is 0 Å². The monoisotopic (exact) mass is 264 g/mol. The molecule has 3 aromatic rings. The van der Waals surface area contributed by atoms with Gasteiger partial charge in [0.25, 0.3) is 0 Å². The van der Waals surface area contributed by atoms with E-state index in [2.05, 4.69) is 23.8 Å². The normalized spacial score (nSPS) is 11.2. The second-order valence-corrected chi connectivity index (χ2v) is 5.20. The Kier molecular flexibility index (Phi) is 3.11. The number of rotatable bonds is 2. The highest BCUT2D eigenvalue weighted by Crippen LogP contribution is 2.31. The average Bonchev–Trinajstić information content (AvgIpc) is 2.46. The van der Waals surface area contributed by atoms with Gasteiger partial charge in [0.1, 0.15) is 0 Å². The maximum absolute atomic E-state index is 11.7. The first kappa shape index (κ1) is 12.6. The first-order chi connectivity index (χ1) is 9.66. The third-order valence-corrected chi connectivity index (χ3v) is 3.52. The van der Waals surface area contributed by atoms with Crippen LogP contribution in [0.15, 0.2) is 53.6 Å². The molecule has 100 valence electrons. The molecule has 3 rings (SSSR count). The third kappa shape index (κ3) is 2.11. The number of nitrogens with one attached hydrogen (secondary N) is 1. The molecule has 0 amide bonds. The number of hydrogen-bond acceptors (Lipinski definition) is 2. The molecule has 0 aliphatic rings. The minimum absolute atomic E-state index is 0.0784. The molecule has 1 N–H and O–H groups in total. The lowest BCUT2D eigenvalue weighted by Gasteiger charge is -2.13. The molecule has 0 spiro atoms. The topological polar surface area (TPSA) is 45.8 Å². The van der Waals surface area contributed by atoms with Gasteiger partial charge in [-0.3, -0.25) is 9.78 Å². The van der Waals surface area contributed by atoms with Crippen molar-refractivity contribution < 1.29 is 0 Å². The molecular formula is C17H16N2O. The molecule has 0 bridgehead atoms. The van der Waals surface area contributed by atoms with Crippen molar-refractivity contribution >= 4 is 10.9 Å². The quantitative estimate of drug-likeness (QED) is 0.766. The first-order valence-electron chi connectivity index (χ1n) is 6.73. The molecule has 2 heterocycles. The van der Waals surface area contributed by atoms with E-state index in [-0.39, 0.29) is 5.56 Å². The van der Waals surface area contributed by atoms with Crippen LogP contribution in [0, 0.1) is 0 Å². The maximum Gasteiger partial charge on any atom is 0.248 e. The lowest BCUT2D eigenvalue weighted by atomic mass is 9.93. The maximum atomic E-state index is 11.7. The molecule has 20 heavy (non-hydrogen) atoms. The molecule has 0 aliphatic heterocycles. The fourth-order valence-electron chi connectivity index (χ4n) is 2.52. The van der Waals surface area contributed by atoms with Gasteiger partial charge in [-0.25, -0.2) is 0 Å². The van der Waals surface area contributed by atoms with E-state index >= 15 is 0 Å². The highest BCUT2D eigenvalue weighted by molar-refractivity contribution is 5.94. The summed E-state index contributed by atoms with van der Waals surface area (Å²) in [5.41, 5.74) is 4.05. The van der Waals surface area contributed by atoms with Crippen LogP contribution >= 0.6 is 0 Å². The Morgan fingerprint density at radius 2 is 1.90 bits per heavy atom. The van der Waals surface area contributed by atoms with Crippen molar-refractivity contribution in [2.75, 3.05) is 0 Å². The molecule has 0 saturated carbocycles. The standard InChI is InChI=1S/C17H16N2O/c1-11(2)15-10-19-17(20)9-14(15)12-7-8-18-16-6-4-3-5-13(12)16/h3-11H,1-2H3,(H,19,20). The van der Waals surface area contributed by atoms with Gasteiger partial charge in [0.05, 0.1) is 5.52 Å². The molecule has 0 atom stereocenters. The summed E-state index contributed by atoms with van der Waals surface area (Å²) in [4.78, 5) is 18.8. The number of benzene rings is 1. The van der Waals surface area contributed by atoms with Crippen LogP contribution in [0.4, 0.5) is 0 Å². The molecule has 0 fully saturated rings. The van der Waals surface area contributed by atoms with Crippen LogP contribution < -0.4 is 5.56 Å². The Bertz CT molecular complexity index is 813. The Morgan fingerprint density at radius 1 is 1.10 bits per heavy atom. The molecule has 0 saturated heterocycles. The highest BCUT2D eigenvalue weighted by Gasteiger charge is 2.12. The summed E-state index contributed by atoms with van der Waals surface area (Å²) >= 11 is 0. The fourth-order valence-corrected chi connectivity index (χ4v) is 2.52. The number of pyridine rings is 2. The molecule has 0 aliphatic carbocycles. The van der Waals surface area contributed by atoms with Gasteiger partial charge in [0.2, 0.25) is 5.56 Å². The summed E-state index contributed by atoms with van der Waals surface area (Å²) < 4.78 is 0. The van der Waals surface area contributed by atoms with Crippen LogP contribution in [0.1, 0.15) is 25.3 Å². The Balaban J connectivity index is 2.36. The van der Waals surface area contributed by atoms with Crippen LogP contribution in [0.2, 0.25) is 0 Å². The zero-order valence-electron chi connectivity index (χ0n) is 11.6. The summed E-state index contributed by atoms with van der Waals surface area (Å²) in [6, 6.07) is 11.7. The summed E-state index contributed by atoms with van der Waals surface area (Å²) in [5.74, 6) is 0.341. The van der Waals surface area contributed by atoms with Crippen molar-refractivity contribution in [3.63, 3.8) is 0 Å². The van der Waals surface area contributed by atoms with Crippen LogP contribution in [-0.4, -0.2) is 9.97 Å². The van der Waals surface area contributed by atoms with Gasteiger partial charge in [-0.2, -0.15) is 0 Å². The summed E-state index contributed by atoms with van der Waals surface area (Å²) in [6.07, 6.45) is 3.61. The molecule has 3 nitrogen and oxygen atoms in total. The van der Waals surface area contributed by atoms with Crippen molar-refractivity contribution in [2.24, 2.45) is 0 Å². The third-order valence-electron chi connectivity index (χ3n) is 3.52. The van der Waals surface area contributed by atoms with E-state index in [1.54, 1.807) is 12.3 Å². The number of para-hydroxylation sites is 1. The second-order valence-electron chi connectivity index (χ2n) is 5.20. The van der Waals surface area contributed by atoms with E-state index in [0.29, 0.717) is 5.92 Å². The van der Waals surface area contributed by atoms with Crippen LogP contribution in [0.3, 0.4) is 0 Å². The van der Waals surface area contributed by atoms with E-state index in [9.17, 15) is 4.79 Å². The van der Waals surface area contributed by atoms with Crippen molar-refractivity contribution in [3.8, 4) is 11.1 Å². The molecule has 0 unspecified atom stereocenters. The Labute approximate surface area is 117 Å². The van der Waals surface area contributed by atoms with Gasteiger partial charge < -0.3 is 4.98 Å². The Morgan fingerprint density at radius 3 is 2.70 bits per heavy atom. The summed E-state index contributed by atoms with van der Waals surface area (Å²) in [7, 11) is 0. The zero-order valence-corrected chi connectivity index (χ0v) is 11.6. The van der Waals surface area contributed by atoms with E-state index in [4.69, 9.17) is 0 Å². The SMILES string of the molecule is CC(C)c1c[nH]c(=O)cc1-c1ccnc2ccccc12. The smallest absolute Gasteiger partial charge is 0.248 e. The van der Waals surface area contributed by atoms with Gasteiger partial charge >= 0.3 is 0 Å². The molecule has 2 aromatic heterocycles. The fraction of sp³-hybridized carbons (Fsp3) is 0.176. The number of fused-ring (bicyclic) bond motifs is 1. The number of aromatic amines is 1. The van der Waals surface area contributed by atoms with Crippen molar-refractivity contribution in [1.82, 2.24) is 9.97 Å². The van der Waals surface area contributed by atoms with Gasteiger partial charge in [0, 0.05) is 23.8 Å². The summed E-state index contributed by atoms with van der Waals surface area (Å²) in [5, 5.41) is 1.07. The zero-order chi connectivity index (χ0) is 14.1. The molecule has 3 heteroatoms. The largest absolute Gasteiger partial charge is 0.329 e.